The number of imidazole rings is 1. The molecule has 2 aromatic rings. The highest BCUT2D eigenvalue weighted by Crippen LogP contribution is 2.28. The van der Waals surface area contributed by atoms with Gasteiger partial charge in [0.1, 0.15) is 0 Å². The summed E-state index contributed by atoms with van der Waals surface area (Å²) in [7, 11) is 0. The SMILES string of the molecule is Cc1cn2cc(C3=CN4C(=O)\C=C(C5=CCNCC5)/C=C/C=C/4C=C3)cc(F)c2n1. The number of hydrogen-bond acceptors (Lipinski definition) is 3. The highest BCUT2D eigenvalue weighted by atomic mass is 19.1. The third-order valence-corrected chi connectivity index (χ3v) is 5.43. The molecule has 3 aliphatic rings. The fraction of sp³-hybridized carbons (Fsp3) is 0.167. The van der Waals surface area contributed by atoms with Crippen LogP contribution in [-0.2, 0) is 4.79 Å². The molecule has 30 heavy (non-hydrogen) atoms. The quantitative estimate of drug-likeness (QED) is 0.834. The van der Waals surface area contributed by atoms with Crippen molar-refractivity contribution in [1.29, 1.82) is 0 Å². The van der Waals surface area contributed by atoms with Gasteiger partial charge in [0.25, 0.3) is 5.91 Å². The van der Waals surface area contributed by atoms with Crippen molar-refractivity contribution < 1.29 is 9.18 Å². The highest BCUT2D eigenvalue weighted by molar-refractivity contribution is 5.95. The molecule has 0 fully saturated rings. The molecule has 0 aliphatic carbocycles. The Bertz CT molecular complexity index is 1240. The Kier molecular flexibility index (Phi) is 4.56. The topological polar surface area (TPSA) is 49.6 Å². The summed E-state index contributed by atoms with van der Waals surface area (Å²) in [6, 6.07) is 1.46. The molecular formula is C24H21FN4O. The van der Waals surface area contributed by atoms with Crippen LogP contribution >= 0.6 is 0 Å². The number of halogens is 1. The zero-order valence-corrected chi connectivity index (χ0v) is 16.6. The summed E-state index contributed by atoms with van der Waals surface area (Å²) in [5.74, 6) is -0.514. The molecule has 0 saturated carbocycles. The van der Waals surface area contributed by atoms with E-state index in [9.17, 15) is 9.18 Å². The van der Waals surface area contributed by atoms with E-state index in [1.165, 1.54) is 11.6 Å². The van der Waals surface area contributed by atoms with Crippen LogP contribution < -0.4 is 5.32 Å². The third-order valence-electron chi connectivity index (χ3n) is 5.43. The summed E-state index contributed by atoms with van der Waals surface area (Å²) in [6.45, 7) is 3.55. The average Bonchev–Trinajstić information content (AvgIpc) is 3.13. The summed E-state index contributed by atoms with van der Waals surface area (Å²) in [5, 5.41) is 3.29. The van der Waals surface area contributed by atoms with E-state index < -0.39 is 5.82 Å². The lowest BCUT2D eigenvalue weighted by atomic mass is 9.97. The lowest BCUT2D eigenvalue weighted by Gasteiger charge is -2.25. The molecular weight excluding hydrogens is 379 g/mol. The molecule has 0 aromatic carbocycles. The van der Waals surface area contributed by atoms with Crippen molar-refractivity contribution in [2.24, 2.45) is 0 Å². The number of nitrogens with zero attached hydrogens (tertiary/aromatic N) is 3. The van der Waals surface area contributed by atoms with Gasteiger partial charge in [-0.05, 0) is 49.3 Å². The number of nitrogens with one attached hydrogen (secondary N) is 1. The van der Waals surface area contributed by atoms with Crippen LogP contribution in [0.1, 0.15) is 17.7 Å². The Balaban J connectivity index is 1.53. The van der Waals surface area contributed by atoms with E-state index in [-0.39, 0.29) is 5.91 Å². The van der Waals surface area contributed by atoms with Gasteiger partial charge in [0, 0.05) is 48.0 Å². The van der Waals surface area contributed by atoms with Gasteiger partial charge in [0.2, 0.25) is 0 Å². The second-order valence-electron chi connectivity index (χ2n) is 7.55. The second kappa shape index (κ2) is 7.39. The van der Waals surface area contributed by atoms with Crippen LogP contribution in [0.5, 0.6) is 0 Å². The molecule has 5 heterocycles. The fourth-order valence-corrected chi connectivity index (χ4v) is 3.93. The lowest BCUT2D eigenvalue weighted by Crippen LogP contribution is -2.26. The van der Waals surface area contributed by atoms with Gasteiger partial charge < -0.3 is 9.72 Å². The molecule has 0 radical (unpaired) electrons. The van der Waals surface area contributed by atoms with Gasteiger partial charge in [-0.25, -0.2) is 9.37 Å². The van der Waals surface area contributed by atoms with E-state index in [0.29, 0.717) is 11.2 Å². The zero-order valence-electron chi connectivity index (χ0n) is 16.6. The van der Waals surface area contributed by atoms with E-state index in [2.05, 4.69) is 16.4 Å². The number of hydrogen-bond donors (Lipinski definition) is 1. The molecule has 0 spiro atoms. The number of carbonyl (C=O) groups excluding carboxylic acids is 1. The van der Waals surface area contributed by atoms with Crippen LogP contribution in [0.25, 0.3) is 11.2 Å². The smallest absolute Gasteiger partial charge is 0.255 e. The molecule has 1 amide bonds. The van der Waals surface area contributed by atoms with Crippen molar-refractivity contribution >= 4 is 17.1 Å². The molecule has 150 valence electrons. The molecule has 0 saturated heterocycles. The van der Waals surface area contributed by atoms with Crippen LogP contribution in [0.3, 0.4) is 0 Å². The van der Waals surface area contributed by atoms with Crippen LogP contribution in [0.2, 0.25) is 0 Å². The van der Waals surface area contributed by atoms with Gasteiger partial charge in [-0.3, -0.25) is 9.69 Å². The minimum Gasteiger partial charge on any atom is -0.313 e. The Hall–Kier alpha value is -3.51. The molecule has 5 nitrogen and oxygen atoms in total. The summed E-state index contributed by atoms with van der Waals surface area (Å²) in [4.78, 5) is 18.9. The first-order valence-electron chi connectivity index (χ1n) is 9.97. The number of aromatic nitrogens is 2. The predicted molar refractivity (Wildman–Crippen MR) is 115 cm³/mol. The molecule has 2 aromatic heterocycles. The van der Waals surface area contributed by atoms with Gasteiger partial charge >= 0.3 is 0 Å². The van der Waals surface area contributed by atoms with Gasteiger partial charge in [-0.15, -0.1) is 0 Å². The third kappa shape index (κ3) is 3.35. The van der Waals surface area contributed by atoms with E-state index in [1.54, 1.807) is 27.8 Å². The summed E-state index contributed by atoms with van der Waals surface area (Å²) in [6.07, 6.45) is 19.7. The maximum Gasteiger partial charge on any atom is 0.255 e. The second-order valence-corrected chi connectivity index (χ2v) is 7.55. The Morgan fingerprint density at radius 2 is 2.07 bits per heavy atom. The van der Waals surface area contributed by atoms with Gasteiger partial charge in [0.15, 0.2) is 11.5 Å². The summed E-state index contributed by atoms with van der Waals surface area (Å²) in [5.41, 5.74) is 5.37. The minimum absolute atomic E-state index is 0.123. The zero-order chi connectivity index (χ0) is 20.7. The molecule has 1 N–H and O–H groups in total. The van der Waals surface area contributed by atoms with E-state index in [1.807, 2.05) is 43.5 Å². The maximum absolute atomic E-state index is 14.5. The van der Waals surface area contributed by atoms with Crippen LogP contribution in [0, 0.1) is 12.7 Å². The van der Waals surface area contributed by atoms with Crippen LogP contribution in [0.15, 0.2) is 84.0 Å². The van der Waals surface area contributed by atoms with Gasteiger partial charge in [-0.1, -0.05) is 24.3 Å². The first kappa shape index (κ1) is 18.5. The largest absolute Gasteiger partial charge is 0.313 e. The fourth-order valence-electron chi connectivity index (χ4n) is 3.93. The first-order valence-corrected chi connectivity index (χ1v) is 9.97. The molecule has 0 atom stereocenters. The Labute approximate surface area is 173 Å². The Morgan fingerprint density at radius 3 is 2.90 bits per heavy atom. The number of aryl methyl sites for hydroxylation is 1. The van der Waals surface area contributed by atoms with Crippen molar-refractivity contribution in [3.63, 3.8) is 0 Å². The van der Waals surface area contributed by atoms with E-state index in [0.717, 1.165) is 42.0 Å². The van der Waals surface area contributed by atoms with Crippen molar-refractivity contribution in [3.8, 4) is 0 Å². The average molecular weight is 400 g/mol. The molecule has 5 rings (SSSR count). The number of fused-ring (bicyclic) bond motifs is 2. The van der Waals surface area contributed by atoms with Crippen molar-refractivity contribution in [2.75, 3.05) is 13.1 Å². The molecule has 0 bridgehead atoms. The van der Waals surface area contributed by atoms with Crippen molar-refractivity contribution in [1.82, 2.24) is 19.6 Å². The van der Waals surface area contributed by atoms with Crippen LogP contribution in [0.4, 0.5) is 4.39 Å². The van der Waals surface area contributed by atoms with Crippen molar-refractivity contribution in [2.45, 2.75) is 13.3 Å². The predicted octanol–water partition coefficient (Wildman–Crippen LogP) is 3.82. The normalized spacial score (nSPS) is 23.5. The standard InChI is InChI=1S/C24H21FN4O/c1-16-13-28-14-20(11-22(25)24(28)27-16)19-5-6-21-4-2-3-18(12-23(30)29(21)15-19)17-7-9-26-10-8-17/h2-7,11-15,26H,8-10H2,1H3/b3-2+,18-12+,21-4+. The Morgan fingerprint density at radius 1 is 1.17 bits per heavy atom. The monoisotopic (exact) mass is 400 g/mol. The molecule has 6 heteroatoms. The highest BCUT2D eigenvalue weighted by Gasteiger charge is 2.20. The molecule has 0 unspecified atom stereocenters. The number of amides is 1. The van der Waals surface area contributed by atoms with E-state index >= 15 is 0 Å². The first-order chi connectivity index (χ1) is 14.6. The molecule has 3 aliphatic heterocycles. The summed E-state index contributed by atoms with van der Waals surface area (Å²) < 4.78 is 16.2. The maximum atomic E-state index is 14.5. The minimum atomic E-state index is -0.391. The van der Waals surface area contributed by atoms with E-state index in [4.69, 9.17) is 0 Å². The lowest BCUT2D eigenvalue weighted by molar-refractivity contribution is -0.122. The number of pyridine rings is 1. The van der Waals surface area contributed by atoms with Gasteiger partial charge in [-0.2, -0.15) is 0 Å². The number of carbonyl (C=O) groups is 1. The number of rotatable bonds is 2. The number of allylic oxidation sites excluding steroid dienone is 7. The summed E-state index contributed by atoms with van der Waals surface area (Å²) >= 11 is 0. The van der Waals surface area contributed by atoms with Crippen molar-refractivity contribution in [3.05, 3.63) is 101 Å². The van der Waals surface area contributed by atoms with Crippen LogP contribution in [-0.4, -0.2) is 33.3 Å². The van der Waals surface area contributed by atoms with Gasteiger partial charge in [0.05, 0.1) is 5.69 Å².